The number of aryl methyl sites for hydroxylation is 2. The van der Waals surface area contributed by atoms with E-state index in [1.165, 1.54) is 0 Å². The first-order chi connectivity index (χ1) is 9.57. The fourth-order valence-electron chi connectivity index (χ4n) is 2.73. The Morgan fingerprint density at radius 1 is 1.05 bits per heavy atom. The van der Waals surface area contributed by atoms with Gasteiger partial charge in [0.25, 0.3) is 0 Å². The van der Waals surface area contributed by atoms with E-state index in [1.807, 2.05) is 32.0 Å². The van der Waals surface area contributed by atoms with Crippen LogP contribution in [0.1, 0.15) is 44.4 Å². The zero-order chi connectivity index (χ0) is 16.0. The first kappa shape index (κ1) is 15.5. The van der Waals surface area contributed by atoms with E-state index >= 15 is 0 Å². The lowest BCUT2D eigenvalue weighted by Crippen LogP contribution is -2.71. The van der Waals surface area contributed by atoms with Crippen LogP contribution in [0.5, 0.6) is 0 Å². The van der Waals surface area contributed by atoms with E-state index in [-0.39, 0.29) is 11.8 Å². The molecule has 2 amide bonds. The molecule has 0 aromatic heterocycles. The van der Waals surface area contributed by atoms with E-state index in [0.29, 0.717) is 6.54 Å². The molecule has 114 valence electrons. The van der Waals surface area contributed by atoms with Gasteiger partial charge < -0.3 is 10.2 Å². The van der Waals surface area contributed by atoms with E-state index in [4.69, 9.17) is 0 Å². The Balaban J connectivity index is 2.44. The lowest BCUT2D eigenvalue weighted by atomic mass is 9.88. The van der Waals surface area contributed by atoms with Gasteiger partial charge in [-0.3, -0.25) is 9.59 Å². The molecule has 1 heterocycles. The fraction of sp³-hybridized carbons (Fsp3) is 0.529. The first-order valence-electron chi connectivity index (χ1n) is 7.27. The molecule has 2 rings (SSSR count). The van der Waals surface area contributed by atoms with Crippen LogP contribution in [-0.4, -0.2) is 27.8 Å². The molecule has 4 nitrogen and oxygen atoms in total. The van der Waals surface area contributed by atoms with Crippen LogP contribution in [0.3, 0.4) is 0 Å². The van der Waals surface area contributed by atoms with Gasteiger partial charge in [0.05, 0.1) is 0 Å². The minimum absolute atomic E-state index is 0.0465. The molecule has 1 aliphatic rings. The summed E-state index contributed by atoms with van der Waals surface area (Å²) in [6.45, 7) is 11.6. The number of rotatable bonds is 2. The van der Waals surface area contributed by atoms with Crippen LogP contribution in [-0.2, 0) is 16.1 Å². The molecule has 0 bridgehead atoms. The Morgan fingerprint density at radius 2 is 1.57 bits per heavy atom. The number of carbonyl (C=O) groups excluding carboxylic acids is 2. The lowest BCUT2D eigenvalue weighted by Gasteiger charge is -2.47. The number of hydrogen-bond acceptors (Lipinski definition) is 2. The van der Waals surface area contributed by atoms with Crippen LogP contribution in [0.4, 0.5) is 0 Å². The highest BCUT2D eigenvalue weighted by atomic mass is 16.2. The Labute approximate surface area is 126 Å². The zero-order valence-electron chi connectivity index (χ0n) is 13.7. The molecule has 21 heavy (non-hydrogen) atoms. The average Bonchev–Trinajstić information content (AvgIpc) is 2.35. The highest BCUT2D eigenvalue weighted by molar-refractivity contribution is 6.01. The Kier molecular flexibility index (Phi) is 3.60. The first-order valence-corrected chi connectivity index (χ1v) is 7.27. The van der Waals surface area contributed by atoms with Gasteiger partial charge in [0.2, 0.25) is 11.8 Å². The number of amides is 2. The molecule has 0 radical (unpaired) electrons. The molecule has 1 saturated heterocycles. The molecule has 0 saturated carbocycles. The second kappa shape index (κ2) is 4.86. The Hall–Kier alpha value is -1.84. The normalized spacial score (nSPS) is 20.4. The van der Waals surface area contributed by atoms with Crippen LogP contribution < -0.4 is 5.32 Å². The summed E-state index contributed by atoms with van der Waals surface area (Å²) in [5.41, 5.74) is 1.69. The summed E-state index contributed by atoms with van der Waals surface area (Å²) >= 11 is 0. The molecule has 1 aliphatic heterocycles. The maximum absolute atomic E-state index is 12.7. The van der Waals surface area contributed by atoms with Gasteiger partial charge in [-0.1, -0.05) is 18.2 Å². The standard InChI is InChI=1S/C17H24N2O2/c1-11-8-7-9-12(2)13(11)10-19-15(21)16(3,4)18-14(20)17(19,5)6/h7-9H,10H2,1-6H3,(H,18,20). The van der Waals surface area contributed by atoms with Crippen LogP contribution in [0.15, 0.2) is 18.2 Å². The summed E-state index contributed by atoms with van der Waals surface area (Å²) in [6.07, 6.45) is 0. The van der Waals surface area contributed by atoms with E-state index in [2.05, 4.69) is 5.32 Å². The summed E-state index contributed by atoms with van der Waals surface area (Å²) in [5.74, 6) is -0.159. The van der Waals surface area contributed by atoms with Gasteiger partial charge in [-0.15, -0.1) is 0 Å². The third-order valence-electron chi connectivity index (χ3n) is 4.40. The Morgan fingerprint density at radius 3 is 2.10 bits per heavy atom. The van der Waals surface area contributed by atoms with Crippen molar-refractivity contribution in [1.29, 1.82) is 0 Å². The van der Waals surface area contributed by atoms with Crippen molar-refractivity contribution < 1.29 is 9.59 Å². The predicted octanol–water partition coefficient (Wildman–Crippen LogP) is 2.32. The number of hydrogen-bond donors (Lipinski definition) is 1. The maximum Gasteiger partial charge on any atom is 0.248 e. The quantitative estimate of drug-likeness (QED) is 0.908. The molecule has 1 N–H and O–H groups in total. The van der Waals surface area contributed by atoms with Crippen molar-refractivity contribution in [3.63, 3.8) is 0 Å². The number of benzene rings is 1. The minimum atomic E-state index is -0.858. The molecule has 0 aliphatic carbocycles. The summed E-state index contributed by atoms with van der Waals surface area (Å²) < 4.78 is 0. The molecular weight excluding hydrogens is 264 g/mol. The topological polar surface area (TPSA) is 49.4 Å². The second-order valence-electron chi connectivity index (χ2n) is 6.90. The molecule has 0 atom stereocenters. The van der Waals surface area contributed by atoms with Crippen molar-refractivity contribution in [3.8, 4) is 0 Å². The minimum Gasteiger partial charge on any atom is -0.340 e. The highest BCUT2D eigenvalue weighted by Crippen LogP contribution is 2.29. The summed E-state index contributed by atoms with van der Waals surface area (Å²) in [5, 5.41) is 2.81. The third kappa shape index (κ3) is 2.55. The molecule has 0 unspecified atom stereocenters. The van der Waals surface area contributed by atoms with Crippen molar-refractivity contribution in [3.05, 3.63) is 34.9 Å². The van der Waals surface area contributed by atoms with Gasteiger partial charge in [0, 0.05) is 6.54 Å². The summed E-state index contributed by atoms with van der Waals surface area (Å²) in [6, 6.07) is 6.08. The maximum atomic E-state index is 12.7. The predicted molar refractivity (Wildman–Crippen MR) is 82.8 cm³/mol. The average molecular weight is 288 g/mol. The number of nitrogens with zero attached hydrogens (tertiary/aromatic N) is 1. The monoisotopic (exact) mass is 288 g/mol. The van der Waals surface area contributed by atoms with Crippen molar-refractivity contribution >= 4 is 11.8 Å². The molecule has 1 fully saturated rings. The summed E-state index contributed by atoms with van der Waals surface area (Å²) in [4.78, 5) is 26.8. The highest BCUT2D eigenvalue weighted by Gasteiger charge is 2.50. The van der Waals surface area contributed by atoms with Gasteiger partial charge >= 0.3 is 0 Å². The van der Waals surface area contributed by atoms with Crippen molar-refractivity contribution in [2.75, 3.05) is 0 Å². The van der Waals surface area contributed by atoms with E-state index in [1.54, 1.807) is 32.6 Å². The van der Waals surface area contributed by atoms with Crippen LogP contribution in [0.25, 0.3) is 0 Å². The van der Waals surface area contributed by atoms with Crippen LogP contribution >= 0.6 is 0 Å². The van der Waals surface area contributed by atoms with Crippen LogP contribution in [0, 0.1) is 13.8 Å². The van der Waals surface area contributed by atoms with Crippen molar-refractivity contribution in [2.45, 2.75) is 59.2 Å². The summed E-state index contributed by atoms with van der Waals surface area (Å²) in [7, 11) is 0. The van der Waals surface area contributed by atoms with E-state index < -0.39 is 11.1 Å². The zero-order valence-corrected chi connectivity index (χ0v) is 13.7. The van der Waals surface area contributed by atoms with E-state index in [9.17, 15) is 9.59 Å². The molecular formula is C17H24N2O2. The van der Waals surface area contributed by atoms with E-state index in [0.717, 1.165) is 16.7 Å². The largest absolute Gasteiger partial charge is 0.340 e. The molecule has 4 heteroatoms. The van der Waals surface area contributed by atoms with Gasteiger partial charge in [-0.2, -0.15) is 0 Å². The number of piperazine rings is 1. The van der Waals surface area contributed by atoms with Gasteiger partial charge in [-0.05, 0) is 58.2 Å². The van der Waals surface area contributed by atoms with Gasteiger partial charge in [0.15, 0.2) is 0 Å². The second-order valence-corrected chi connectivity index (χ2v) is 6.90. The number of carbonyl (C=O) groups is 2. The molecule has 1 aromatic rings. The number of nitrogens with one attached hydrogen (secondary N) is 1. The molecule has 1 aromatic carbocycles. The third-order valence-corrected chi connectivity index (χ3v) is 4.40. The smallest absolute Gasteiger partial charge is 0.248 e. The van der Waals surface area contributed by atoms with Gasteiger partial charge in [0.1, 0.15) is 11.1 Å². The van der Waals surface area contributed by atoms with Crippen molar-refractivity contribution in [2.24, 2.45) is 0 Å². The fourth-order valence-corrected chi connectivity index (χ4v) is 2.73. The Bertz CT molecular complexity index is 583. The SMILES string of the molecule is Cc1cccc(C)c1CN1C(=O)C(C)(C)NC(=O)C1(C)C. The van der Waals surface area contributed by atoms with Crippen molar-refractivity contribution in [1.82, 2.24) is 10.2 Å². The van der Waals surface area contributed by atoms with Crippen LogP contribution in [0.2, 0.25) is 0 Å². The van der Waals surface area contributed by atoms with Gasteiger partial charge in [-0.25, -0.2) is 0 Å². The molecule has 0 spiro atoms. The lowest BCUT2D eigenvalue weighted by molar-refractivity contribution is -0.160.